The van der Waals surface area contributed by atoms with Gasteiger partial charge >= 0.3 is 0 Å². The number of unbranched alkanes of at least 4 members (excludes halogenated alkanes) is 1. The summed E-state index contributed by atoms with van der Waals surface area (Å²) in [4.78, 5) is 0. The van der Waals surface area contributed by atoms with E-state index in [1.807, 2.05) is 6.07 Å². The third-order valence-corrected chi connectivity index (χ3v) is 3.83. The van der Waals surface area contributed by atoms with Crippen molar-refractivity contribution in [2.45, 2.75) is 46.1 Å². The van der Waals surface area contributed by atoms with Gasteiger partial charge in [0.25, 0.3) is 0 Å². The van der Waals surface area contributed by atoms with E-state index in [2.05, 4.69) is 57.2 Å². The van der Waals surface area contributed by atoms with Gasteiger partial charge in [0.15, 0.2) is 0 Å². The lowest BCUT2D eigenvalue weighted by molar-refractivity contribution is 0.219. The van der Waals surface area contributed by atoms with Crippen LogP contribution in [0.15, 0.2) is 42.5 Å². The van der Waals surface area contributed by atoms with Crippen molar-refractivity contribution in [3.05, 3.63) is 70.3 Å². The standard InChI is InChI=1S/C19H24O/c1-4-5-6-16-8-10-17(11-9-16)19(20)18-12-7-14(2)13-15(18)3/h7-13,19-20H,4-6H2,1-3H3. The van der Waals surface area contributed by atoms with Crippen LogP contribution in [0.3, 0.4) is 0 Å². The van der Waals surface area contributed by atoms with Crippen LogP contribution in [-0.2, 0) is 6.42 Å². The van der Waals surface area contributed by atoms with Crippen LogP contribution in [0.1, 0.15) is 53.7 Å². The normalized spacial score (nSPS) is 12.4. The molecule has 1 heteroatoms. The first-order chi connectivity index (χ1) is 9.61. The quantitative estimate of drug-likeness (QED) is 0.831. The van der Waals surface area contributed by atoms with Crippen molar-refractivity contribution in [1.82, 2.24) is 0 Å². The fraction of sp³-hybridized carbons (Fsp3) is 0.368. The van der Waals surface area contributed by atoms with E-state index >= 15 is 0 Å². The van der Waals surface area contributed by atoms with Crippen LogP contribution in [0.25, 0.3) is 0 Å². The molecule has 0 heterocycles. The summed E-state index contributed by atoms with van der Waals surface area (Å²) in [5, 5.41) is 10.5. The molecule has 0 aliphatic carbocycles. The number of benzene rings is 2. The Balaban J connectivity index is 2.18. The number of aliphatic hydroxyl groups excluding tert-OH is 1. The van der Waals surface area contributed by atoms with Crippen LogP contribution in [-0.4, -0.2) is 5.11 Å². The second kappa shape index (κ2) is 6.71. The van der Waals surface area contributed by atoms with Gasteiger partial charge in [0, 0.05) is 0 Å². The van der Waals surface area contributed by atoms with Crippen LogP contribution in [0.4, 0.5) is 0 Å². The average Bonchev–Trinajstić information content (AvgIpc) is 2.45. The van der Waals surface area contributed by atoms with Crippen LogP contribution in [0, 0.1) is 13.8 Å². The fourth-order valence-electron chi connectivity index (χ4n) is 2.56. The molecule has 0 spiro atoms. The molecule has 20 heavy (non-hydrogen) atoms. The highest BCUT2D eigenvalue weighted by molar-refractivity contribution is 5.38. The highest BCUT2D eigenvalue weighted by Crippen LogP contribution is 2.25. The molecular formula is C19H24O. The zero-order valence-electron chi connectivity index (χ0n) is 12.7. The lowest BCUT2D eigenvalue weighted by Crippen LogP contribution is -2.02. The molecular weight excluding hydrogens is 244 g/mol. The predicted molar refractivity (Wildman–Crippen MR) is 85.0 cm³/mol. The molecule has 0 aliphatic heterocycles. The fourth-order valence-corrected chi connectivity index (χ4v) is 2.56. The maximum atomic E-state index is 10.5. The molecule has 0 bridgehead atoms. The second-order valence-electron chi connectivity index (χ2n) is 5.61. The Labute approximate surface area is 122 Å². The van der Waals surface area contributed by atoms with Crippen LogP contribution in [0.2, 0.25) is 0 Å². The van der Waals surface area contributed by atoms with Gasteiger partial charge in [-0.05, 0) is 48.9 Å². The summed E-state index contributed by atoms with van der Waals surface area (Å²) in [5.41, 5.74) is 5.69. The minimum atomic E-state index is -0.532. The van der Waals surface area contributed by atoms with Crippen LogP contribution >= 0.6 is 0 Å². The molecule has 0 fully saturated rings. The summed E-state index contributed by atoms with van der Waals surface area (Å²) in [6.45, 7) is 6.34. The highest BCUT2D eigenvalue weighted by Gasteiger charge is 2.12. The summed E-state index contributed by atoms with van der Waals surface area (Å²) in [7, 11) is 0. The topological polar surface area (TPSA) is 20.2 Å². The van der Waals surface area contributed by atoms with Crippen molar-refractivity contribution in [3.63, 3.8) is 0 Å². The van der Waals surface area contributed by atoms with Gasteiger partial charge in [-0.3, -0.25) is 0 Å². The summed E-state index contributed by atoms with van der Waals surface area (Å²) in [6, 6.07) is 14.6. The Morgan fingerprint density at radius 1 is 1.00 bits per heavy atom. The summed E-state index contributed by atoms with van der Waals surface area (Å²) >= 11 is 0. The third-order valence-electron chi connectivity index (χ3n) is 3.83. The van der Waals surface area contributed by atoms with Gasteiger partial charge in [0.05, 0.1) is 0 Å². The van der Waals surface area contributed by atoms with Crippen molar-refractivity contribution in [2.24, 2.45) is 0 Å². The van der Waals surface area contributed by atoms with E-state index in [1.165, 1.54) is 24.0 Å². The van der Waals surface area contributed by atoms with Gasteiger partial charge in [-0.25, -0.2) is 0 Å². The number of rotatable bonds is 5. The smallest absolute Gasteiger partial charge is 0.104 e. The van der Waals surface area contributed by atoms with E-state index in [9.17, 15) is 5.11 Å². The molecule has 0 amide bonds. The van der Waals surface area contributed by atoms with Crippen LogP contribution < -0.4 is 0 Å². The van der Waals surface area contributed by atoms with Crippen molar-refractivity contribution in [1.29, 1.82) is 0 Å². The molecule has 1 atom stereocenters. The number of hydrogen-bond acceptors (Lipinski definition) is 1. The largest absolute Gasteiger partial charge is 0.384 e. The van der Waals surface area contributed by atoms with Gasteiger partial charge in [0.2, 0.25) is 0 Å². The van der Waals surface area contributed by atoms with Crippen molar-refractivity contribution >= 4 is 0 Å². The van der Waals surface area contributed by atoms with E-state index < -0.39 is 6.10 Å². The van der Waals surface area contributed by atoms with Gasteiger partial charge < -0.3 is 5.11 Å². The summed E-state index contributed by atoms with van der Waals surface area (Å²) < 4.78 is 0. The Morgan fingerprint density at radius 2 is 1.70 bits per heavy atom. The molecule has 0 saturated carbocycles. The first-order valence-corrected chi connectivity index (χ1v) is 7.46. The number of aliphatic hydroxyl groups is 1. The molecule has 2 rings (SSSR count). The van der Waals surface area contributed by atoms with Crippen molar-refractivity contribution in [2.75, 3.05) is 0 Å². The lowest BCUT2D eigenvalue weighted by Gasteiger charge is -2.15. The predicted octanol–water partition coefficient (Wildman–Crippen LogP) is 4.73. The van der Waals surface area contributed by atoms with Crippen LogP contribution in [0.5, 0.6) is 0 Å². The van der Waals surface area contributed by atoms with Gasteiger partial charge in [-0.2, -0.15) is 0 Å². The third kappa shape index (κ3) is 3.49. The minimum absolute atomic E-state index is 0.532. The number of hydrogen-bond donors (Lipinski definition) is 1. The zero-order chi connectivity index (χ0) is 14.5. The molecule has 1 N–H and O–H groups in total. The van der Waals surface area contributed by atoms with Crippen molar-refractivity contribution in [3.8, 4) is 0 Å². The van der Waals surface area contributed by atoms with E-state index in [-0.39, 0.29) is 0 Å². The van der Waals surface area contributed by atoms with Crippen molar-refractivity contribution < 1.29 is 5.11 Å². The second-order valence-corrected chi connectivity index (χ2v) is 5.61. The van der Waals surface area contributed by atoms with E-state index in [0.29, 0.717) is 0 Å². The molecule has 2 aromatic rings. The zero-order valence-corrected chi connectivity index (χ0v) is 12.7. The highest BCUT2D eigenvalue weighted by atomic mass is 16.3. The Kier molecular flexibility index (Phi) is 4.97. The summed E-state index contributed by atoms with van der Waals surface area (Å²) in [6.07, 6.45) is 3.03. The molecule has 1 unspecified atom stereocenters. The van der Waals surface area contributed by atoms with Gasteiger partial charge in [0.1, 0.15) is 6.10 Å². The first kappa shape index (κ1) is 14.8. The monoisotopic (exact) mass is 268 g/mol. The maximum Gasteiger partial charge on any atom is 0.104 e. The Hall–Kier alpha value is -1.60. The molecule has 0 saturated heterocycles. The summed E-state index contributed by atoms with van der Waals surface area (Å²) in [5.74, 6) is 0. The molecule has 0 aromatic heterocycles. The molecule has 1 nitrogen and oxygen atoms in total. The van der Waals surface area contributed by atoms with Gasteiger partial charge in [-0.15, -0.1) is 0 Å². The van der Waals surface area contributed by atoms with E-state index in [1.54, 1.807) is 0 Å². The Bertz CT molecular complexity index is 554. The maximum absolute atomic E-state index is 10.5. The minimum Gasteiger partial charge on any atom is -0.384 e. The average molecular weight is 268 g/mol. The Morgan fingerprint density at radius 3 is 2.30 bits per heavy atom. The first-order valence-electron chi connectivity index (χ1n) is 7.46. The molecule has 0 radical (unpaired) electrons. The van der Waals surface area contributed by atoms with E-state index in [0.717, 1.165) is 23.1 Å². The molecule has 0 aliphatic rings. The molecule has 2 aromatic carbocycles. The SMILES string of the molecule is CCCCc1ccc(C(O)c2ccc(C)cc2C)cc1. The van der Waals surface area contributed by atoms with E-state index in [4.69, 9.17) is 0 Å². The molecule has 106 valence electrons. The lowest BCUT2D eigenvalue weighted by atomic mass is 9.95. The van der Waals surface area contributed by atoms with Gasteiger partial charge in [-0.1, -0.05) is 61.4 Å². The number of aryl methyl sites for hydroxylation is 3.